The zero-order valence-corrected chi connectivity index (χ0v) is 19.0. The van der Waals surface area contributed by atoms with Crippen molar-refractivity contribution in [1.82, 2.24) is 10.6 Å². The molecule has 0 radical (unpaired) electrons. The van der Waals surface area contributed by atoms with Crippen molar-refractivity contribution in [2.24, 2.45) is 0 Å². The summed E-state index contributed by atoms with van der Waals surface area (Å²) in [4.78, 5) is 36.2. The van der Waals surface area contributed by atoms with Crippen molar-refractivity contribution in [1.29, 1.82) is 0 Å². The second-order valence-electron chi connectivity index (χ2n) is 6.84. The first kappa shape index (κ1) is 23.1. The number of carbonyl (C=O) groups is 3. The number of nitrogens with one attached hydrogen (secondary N) is 3. The van der Waals surface area contributed by atoms with Crippen LogP contribution in [0.1, 0.15) is 25.5 Å². The van der Waals surface area contributed by atoms with Crippen LogP contribution in [-0.4, -0.2) is 36.2 Å². The molecule has 1 aliphatic rings. The Morgan fingerprint density at radius 3 is 2.56 bits per heavy atom. The number of urea groups is 1. The summed E-state index contributed by atoms with van der Waals surface area (Å²) in [7, 11) is 0. The molecule has 3 rings (SSSR count). The summed E-state index contributed by atoms with van der Waals surface area (Å²) in [6.45, 7) is 3.17. The van der Waals surface area contributed by atoms with Crippen LogP contribution in [-0.2, 0) is 9.59 Å². The molecule has 168 valence electrons. The third-order valence-electron chi connectivity index (χ3n) is 4.55. The van der Waals surface area contributed by atoms with E-state index >= 15 is 0 Å². The molecule has 3 amide bonds. The number of rotatable bonds is 8. The van der Waals surface area contributed by atoms with Crippen molar-refractivity contribution < 1.29 is 29.0 Å². The molecular weight excluding hydrogens is 482 g/mol. The number of aliphatic carboxylic acids is 1. The smallest absolute Gasteiger partial charge is 0.341 e. The van der Waals surface area contributed by atoms with Crippen molar-refractivity contribution >= 4 is 39.5 Å². The van der Waals surface area contributed by atoms with E-state index in [0.29, 0.717) is 33.6 Å². The van der Waals surface area contributed by atoms with Crippen LogP contribution in [0, 0.1) is 0 Å². The van der Waals surface area contributed by atoms with Crippen molar-refractivity contribution in [2.45, 2.75) is 19.9 Å². The number of ether oxygens (including phenoxy) is 2. The summed E-state index contributed by atoms with van der Waals surface area (Å²) in [6.07, 6.45) is 0. The summed E-state index contributed by atoms with van der Waals surface area (Å²) < 4.78 is 11.4. The van der Waals surface area contributed by atoms with Crippen molar-refractivity contribution in [3.8, 4) is 11.5 Å². The van der Waals surface area contributed by atoms with Crippen LogP contribution in [0.5, 0.6) is 11.5 Å². The number of amides is 3. The van der Waals surface area contributed by atoms with Crippen molar-refractivity contribution in [3.05, 3.63) is 63.8 Å². The van der Waals surface area contributed by atoms with E-state index in [9.17, 15) is 14.4 Å². The van der Waals surface area contributed by atoms with Gasteiger partial charge in [0.2, 0.25) is 0 Å². The molecule has 0 saturated heterocycles. The average molecular weight is 504 g/mol. The minimum absolute atomic E-state index is 0.217. The van der Waals surface area contributed by atoms with Gasteiger partial charge in [-0.25, -0.2) is 9.59 Å². The Bertz CT molecular complexity index is 1070. The van der Waals surface area contributed by atoms with Gasteiger partial charge in [-0.2, -0.15) is 0 Å². The van der Waals surface area contributed by atoms with Crippen LogP contribution in [0.25, 0.3) is 0 Å². The number of hydrogen-bond donors (Lipinski definition) is 4. The molecule has 0 fully saturated rings. The standard InChI is InChI=1S/C22H22BrN3O6/c1-3-31-16-10-13(9-15(23)20(16)32-11-17(27)28)19-18(12(2)24-22(30)26-19)21(29)25-14-7-5-4-6-8-14/h4-10,19H,3,11H2,1-2H3,(H,25,29)(H,27,28)(H2,24,26,30)/t19-/m0/s1. The lowest BCUT2D eigenvalue weighted by molar-refractivity contribution is -0.139. The van der Waals surface area contributed by atoms with Crippen LogP contribution < -0.4 is 25.4 Å². The predicted octanol–water partition coefficient (Wildman–Crippen LogP) is 3.58. The Labute approximate surface area is 192 Å². The highest BCUT2D eigenvalue weighted by molar-refractivity contribution is 9.10. The summed E-state index contributed by atoms with van der Waals surface area (Å²) in [5.74, 6) is -1.01. The Kier molecular flexibility index (Phi) is 7.37. The Morgan fingerprint density at radius 1 is 1.19 bits per heavy atom. The Balaban J connectivity index is 2.00. The van der Waals surface area contributed by atoms with Gasteiger partial charge in [-0.1, -0.05) is 18.2 Å². The molecule has 32 heavy (non-hydrogen) atoms. The van der Waals surface area contributed by atoms with E-state index in [-0.39, 0.29) is 17.4 Å². The van der Waals surface area contributed by atoms with E-state index in [2.05, 4.69) is 31.9 Å². The van der Waals surface area contributed by atoms with E-state index in [1.807, 2.05) is 6.07 Å². The van der Waals surface area contributed by atoms with Gasteiger partial charge in [-0.3, -0.25) is 4.79 Å². The molecule has 0 saturated carbocycles. The maximum atomic E-state index is 13.1. The molecule has 1 aliphatic heterocycles. The third kappa shape index (κ3) is 5.38. The molecular formula is C22H22BrN3O6. The van der Waals surface area contributed by atoms with E-state index in [1.165, 1.54) is 0 Å². The Morgan fingerprint density at radius 2 is 1.91 bits per heavy atom. The maximum Gasteiger partial charge on any atom is 0.341 e. The molecule has 0 aliphatic carbocycles. The fourth-order valence-electron chi connectivity index (χ4n) is 3.26. The van der Waals surface area contributed by atoms with Crippen LogP contribution in [0.2, 0.25) is 0 Å². The van der Waals surface area contributed by atoms with E-state index in [1.54, 1.807) is 50.2 Å². The first-order chi connectivity index (χ1) is 15.3. The minimum atomic E-state index is -1.13. The minimum Gasteiger partial charge on any atom is -0.490 e. The highest BCUT2D eigenvalue weighted by atomic mass is 79.9. The van der Waals surface area contributed by atoms with Crippen LogP contribution in [0.15, 0.2) is 58.2 Å². The third-order valence-corrected chi connectivity index (χ3v) is 5.14. The van der Waals surface area contributed by atoms with Gasteiger partial charge >= 0.3 is 12.0 Å². The van der Waals surface area contributed by atoms with Crippen LogP contribution >= 0.6 is 15.9 Å². The number of carbonyl (C=O) groups excluding carboxylic acids is 2. The zero-order chi connectivity index (χ0) is 23.3. The van der Waals surface area contributed by atoms with E-state index in [0.717, 1.165) is 0 Å². The van der Waals surface area contributed by atoms with Gasteiger partial charge in [0.1, 0.15) is 0 Å². The number of hydrogen-bond acceptors (Lipinski definition) is 5. The molecule has 1 atom stereocenters. The van der Waals surface area contributed by atoms with Gasteiger partial charge in [0.25, 0.3) is 5.91 Å². The monoisotopic (exact) mass is 503 g/mol. The topological polar surface area (TPSA) is 126 Å². The summed E-state index contributed by atoms with van der Waals surface area (Å²) >= 11 is 3.38. The van der Waals surface area contributed by atoms with Crippen LogP contribution in [0.3, 0.4) is 0 Å². The summed E-state index contributed by atoms with van der Waals surface area (Å²) in [5.41, 5.74) is 1.90. The van der Waals surface area contributed by atoms with Gasteiger partial charge in [0.15, 0.2) is 18.1 Å². The number of para-hydroxylation sites is 1. The Hall–Kier alpha value is -3.53. The SMILES string of the molecule is CCOc1cc([C@@H]2NC(=O)NC(C)=C2C(=O)Nc2ccccc2)cc(Br)c1OCC(=O)O. The lowest BCUT2D eigenvalue weighted by Crippen LogP contribution is -2.46. The zero-order valence-electron chi connectivity index (χ0n) is 17.4. The number of carboxylic acid groups (broad SMARTS) is 1. The number of halogens is 1. The fourth-order valence-corrected chi connectivity index (χ4v) is 3.83. The van der Waals surface area contributed by atoms with Crippen molar-refractivity contribution in [3.63, 3.8) is 0 Å². The van der Waals surface area contributed by atoms with Gasteiger partial charge in [0.05, 0.1) is 22.7 Å². The van der Waals surface area contributed by atoms with Crippen molar-refractivity contribution in [2.75, 3.05) is 18.5 Å². The number of allylic oxidation sites excluding steroid dienone is 1. The number of anilines is 1. The quantitative estimate of drug-likeness (QED) is 0.436. The molecule has 0 unspecified atom stereocenters. The number of benzene rings is 2. The second-order valence-corrected chi connectivity index (χ2v) is 7.69. The maximum absolute atomic E-state index is 13.1. The van der Waals surface area contributed by atoms with Gasteiger partial charge in [0, 0.05) is 11.4 Å². The first-order valence-corrected chi connectivity index (χ1v) is 10.5. The fraction of sp³-hybridized carbons (Fsp3) is 0.227. The first-order valence-electron chi connectivity index (χ1n) is 9.75. The number of carboxylic acids is 1. The summed E-state index contributed by atoms with van der Waals surface area (Å²) in [6, 6.07) is 11.0. The highest BCUT2D eigenvalue weighted by Crippen LogP contribution is 2.40. The molecule has 0 bridgehead atoms. The van der Waals surface area contributed by atoms with Crippen LogP contribution in [0.4, 0.5) is 10.5 Å². The normalized spacial score (nSPS) is 15.5. The lowest BCUT2D eigenvalue weighted by Gasteiger charge is -2.29. The highest BCUT2D eigenvalue weighted by Gasteiger charge is 2.32. The molecule has 4 N–H and O–H groups in total. The molecule has 9 nitrogen and oxygen atoms in total. The second kappa shape index (κ2) is 10.2. The molecule has 0 spiro atoms. The average Bonchev–Trinajstić information content (AvgIpc) is 2.73. The predicted molar refractivity (Wildman–Crippen MR) is 121 cm³/mol. The van der Waals surface area contributed by atoms with Gasteiger partial charge in [-0.15, -0.1) is 0 Å². The summed E-state index contributed by atoms with van der Waals surface area (Å²) in [5, 5.41) is 17.2. The van der Waals surface area contributed by atoms with Gasteiger partial charge < -0.3 is 30.5 Å². The van der Waals surface area contributed by atoms with E-state index in [4.69, 9.17) is 14.6 Å². The molecule has 2 aromatic rings. The molecule has 2 aromatic carbocycles. The van der Waals surface area contributed by atoms with E-state index < -0.39 is 24.6 Å². The largest absolute Gasteiger partial charge is 0.490 e. The molecule has 10 heteroatoms. The lowest BCUT2D eigenvalue weighted by atomic mass is 9.94. The molecule has 1 heterocycles. The van der Waals surface area contributed by atoms with Gasteiger partial charge in [-0.05, 0) is 59.6 Å². The molecule has 0 aromatic heterocycles.